The van der Waals surface area contributed by atoms with Crippen LogP contribution in [0.4, 0.5) is 47.2 Å². The summed E-state index contributed by atoms with van der Waals surface area (Å²) in [6, 6.07) is -0.405. The third-order valence-electron chi connectivity index (χ3n) is 4.64. The summed E-state index contributed by atoms with van der Waals surface area (Å²) in [5.74, 6) is -5.23. The highest BCUT2D eigenvalue weighted by atomic mass is 35.5. The van der Waals surface area contributed by atoms with Crippen LogP contribution < -0.4 is 5.73 Å². The Morgan fingerprint density at radius 3 is 1.83 bits per heavy atom. The number of aryl methyl sites for hydroxylation is 1. The van der Waals surface area contributed by atoms with E-state index in [1.165, 1.54) is 0 Å². The van der Waals surface area contributed by atoms with E-state index in [2.05, 4.69) is 5.10 Å². The Labute approximate surface area is 171 Å². The molecule has 30 heavy (non-hydrogen) atoms. The lowest BCUT2D eigenvalue weighted by Gasteiger charge is -2.40. The standard InChI is InChI=1S/C14H9Cl2F10N3S/c1-5-9(12(14(19,20)21)4-13(12,17)18)11(27)29(28-5)10-7(15)2-6(3-8(10)16)30(22,23,24,25)26/h2-3H,4,27H2,1H3. The van der Waals surface area contributed by atoms with Gasteiger partial charge in [-0.25, -0.2) is 13.5 Å². The van der Waals surface area contributed by atoms with Gasteiger partial charge in [-0.1, -0.05) is 42.6 Å². The van der Waals surface area contributed by atoms with E-state index in [1.807, 2.05) is 0 Å². The summed E-state index contributed by atoms with van der Waals surface area (Å²) in [7, 11) is -10.2. The van der Waals surface area contributed by atoms with E-state index in [0.29, 0.717) is 4.68 Å². The Bertz CT molecular complexity index is 1050. The summed E-state index contributed by atoms with van der Waals surface area (Å²) in [5.41, 5.74) is -0.585. The maximum atomic E-state index is 13.8. The molecule has 2 N–H and O–H groups in total. The van der Waals surface area contributed by atoms with Gasteiger partial charge in [0.1, 0.15) is 16.4 Å². The lowest BCUT2D eigenvalue weighted by atomic mass is 9.94. The van der Waals surface area contributed by atoms with Crippen molar-refractivity contribution in [1.29, 1.82) is 0 Å². The van der Waals surface area contributed by atoms with Gasteiger partial charge in [-0.05, 0) is 19.1 Å². The molecule has 16 heteroatoms. The normalized spacial score (nSPS) is 23.8. The van der Waals surface area contributed by atoms with Crippen molar-refractivity contribution in [2.24, 2.45) is 0 Å². The van der Waals surface area contributed by atoms with Gasteiger partial charge in [0.15, 0.2) is 5.41 Å². The van der Waals surface area contributed by atoms with E-state index in [9.17, 15) is 41.4 Å². The second kappa shape index (κ2) is 5.44. The number of hydrogen-bond donors (Lipinski definition) is 1. The molecule has 0 amide bonds. The average molecular weight is 512 g/mol. The van der Waals surface area contributed by atoms with Crippen molar-refractivity contribution in [3.8, 4) is 5.69 Å². The van der Waals surface area contributed by atoms with Gasteiger partial charge in [0.25, 0.3) is 5.92 Å². The van der Waals surface area contributed by atoms with E-state index >= 15 is 0 Å². The Morgan fingerprint density at radius 1 is 1.07 bits per heavy atom. The first-order valence-corrected chi connectivity index (χ1v) is 10.3. The summed E-state index contributed by atoms with van der Waals surface area (Å²) in [6.45, 7) is 0.912. The van der Waals surface area contributed by atoms with Gasteiger partial charge in [0.05, 0.1) is 15.7 Å². The van der Waals surface area contributed by atoms with Gasteiger partial charge in [0, 0.05) is 12.0 Å². The predicted molar refractivity (Wildman–Crippen MR) is 91.4 cm³/mol. The highest BCUT2D eigenvalue weighted by Crippen LogP contribution is 3.02. The van der Waals surface area contributed by atoms with Gasteiger partial charge >= 0.3 is 16.4 Å². The molecule has 1 aromatic heterocycles. The number of rotatable bonds is 3. The van der Waals surface area contributed by atoms with Crippen LogP contribution in [0.15, 0.2) is 17.0 Å². The number of benzene rings is 1. The van der Waals surface area contributed by atoms with Crippen LogP contribution in [-0.4, -0.2) is 21.9 Å². The van der Waals surface area contributed by atoms with Crippen LogP contribution in [0.1, 0.15) is 17.7 Å². The molecule has 1 aliphatic rings. The lowest BCUT2D eigenvalue weighted by Crippen LogP contribution is -2.35. The fourth-order valence-electron chi connectivity index (χ4n) is 3.22. The monoisotopic (exact) mass is 511 g/mol. The average Bonchev–Trinajstić information content (AvgIpc) is 2.94. The molecule has 2 aromatic rings. The number of anilines is 1. The number of alkyl halides is 5. The lowest BCUT2D eigenvalue weighted by molar-refractivity contribution is -0.182. The molecule has 3 nitrogen and oxygen atoms in total. The molecule has 0 saturated heterocycles. The topological polar surface area (TPSA) is 43.8 Å². The molecule has 3 rings (SSSR count). The molecule has 0 radical (unpaired) electrons. The molecular weight excluding hydrogens is 503 g/mol. The third-order valence-corrected chi connectivity index (χ3v) is 6.34. The molecule has 1 fully saturated rings. The van der Waals surface area contributed by atoms with Crippen molar-refractivity contribution < 1.29 is 41.4 Å². The minimum Gasteiger partial charge on any atom is -0.383 e. The molecule has 1 saturated carbocycles. The number of aromatic nitrogens is 2. The van der Waals surface area contributed by atoms with Gasteiger partial charge < -0.3 is 5.73 Å². The van der Waals surface area contributed by atoms with E-state index in [-0.39, 0.29) is 12.1 Å². The molecule has 0 spiro atoms. The molecule has 1 heterocycles. The Hall–Kier alpha value is -1.54. The predicted octanol–water partition coefficient (Wildman–Crippen LogP) is 7.57. The van der Waals surface area contributed by atoms with Gasteiger partial charge in [0.2, 0.25) is 0 Å². The van der Waals surface area contributed by atoms with Crippen molar-refractivity contribution in [3.63, 3.8) is 0 Å². The fraction of sp³-hybridized carbons (Fsp3) is 0.357. The van der Waals surface area contributed by atoms with E-state index < -0.39 is 71.9 Å². The van der Waals surface area contributed by atoms with Crippen molar-refractivity contribution >= 4 is 39.2 Å². The zero-order chi connectivity index (χ0) is 23.4. The zero-order valence-corrected chi connectivity index (χ0v) is 16.6. The number of nitrogens with zero attached hydrogens (tertiary/aromatic N) is 2. The minimum atomic E-state index is -10.2. The molecule has 1 unspecified atom stereocenters. The zero-order valence-electron chi connectivity index (χ0n) is 14.3. The van der Waals surface area contributed by atoms with Gasteiger partial charge in [-0.15, -0.1) is 0 Å². The molecule has 170 valence electrons. The molecule has 0 aliphatic heterocycles. The maximum absolute atomic E-state index is 13.8. The SMILES string of the molecule is Cc1nn(-c2c(Cl)cc(S(F)(F)(F)(F)F)cc2Cl)c(N)c1C1(C(F)(F)F)CC1(F)F. The first-order valence-electron chi connectivity index (χ1n) is 7.57. The third kappa shape index (κ3) is 3.27. The van der Waals surface area contributed by atoms with Crippen molar-refractivity contribution in [2.45, 2.75) is 35.8 Å². The van der Waals surface area contributed by atoms with E-state index in [0.717, 1.165) is 6.92 Å². The van der Waals surface area contributed by atoms with Crippen LogP contribution in [0.5, 0.6) is 0 Å². The van der Waals surface area contributed by atoms with Crippen LogP contribution >= 0.6 is 33.4 Å². The highest BCUT2D eigenvalue weighted by Gasteiger charge is 2.85. The summed E-state index contributed by atoms with van der Waals surface area (Å²) in [5, 5.41) is 1.37. The molecular formula is C14H9Cl2F10N3S. The van der Waals surface area contributed by atoms with Crippen molar-refractivity contribution in [3.05, 3.63) is 33.4 Å². The quantitative estimate of drug-likeness (QED) is 0.432. The number of halogens is 12. The summed E-state index contributed by atoms with van der Waals surface area (Å²) < 4.78 is 133. The number of nitrogen functional groups attached to an aromatic ring is 1. The smallest absolute Gasteiger partial charge is 0.383 e. The van der Waals surface area contributed by atoms with Crippen molar-refractivity contribution in [2.75, 3.05) is 5.73 Å². The Morgan fingerprint density at radius 2 is 1.50 bits per heavy atom. The van der Waals surface area contributed by atoms with Crippen molar-refractivity contribution in [1.82, 2.24) is 9.78 Å². The van der Waals surface area contributed by atoms with Crippen LogP contribution in [0.3, 0.4) is 0 Å². The summed E-state index contributed by atoms with van der Waals surface area (Å²) in [4.78, 5) is -2.46. The van der Waals surface area contributed by atoms with Gasteiger partial charge in [-0.2, -0.15) is 18.3 Å². The van der Waals surface area contributed by atoms with Gasteiger partial charge in [-0.3, -0.25) is 0 Å². The molecule has 0 bridgehead atoms. The first kappa shape index (κ1) is 23.1. The molecule has 1 aromatic carbocycles. The summed E-state index contributed by atoms with van der Waals surface area (Å²) >= 11 is 11.2. The Kier molecular flexibility index (Phi) is 4.19. The van der Waals surface area contributed by atoms with E-state index in [4.69, 9.17) is 28.9 Å². The second-order valence-electron chi connectivity index (χ2n) is 6.75. The van der Waals surface area contributed by atoms with E-state index in [1.54, 1.807) is 0 Å². The van der Waals surface area contributed by atoms with Crippen LogP contribution in [0.25, 0.3) is 5.69 Å². The van der Waals surface area contributed by atoms with Crippen LogP contribution in [-0.2, 0) is 5.41 Å². The minimum absolute atomic E-state index is 0.203. The largest absolute Gasteiger partial charge is 0.404 e. The fourth-order valence-corrected chi connectivity index (χ4v) is 4.68. The van der Waals surface area contributed by atoms with Crippen LogP contribution in [0, 0.1) is 6.92 Å². The maximum Gasteiger partial charge on any atom is 0.404 e. The number of hydrogen-bond acceptors (Lipinski definition) is 2. The highest BCUT2D eigenvalue weighted by molar-refractivity contribution is 8.45. The first-order chi connectivity index (χ1) is 13.0. The molecule has 1 aliphatic carbocycles. The second-order valence-corrected chi connectivity index (χ2v) is 9.97. The van der Waals surface area contributed by atoms with Crippen LogP contribution in [0.2, 0.25) is 10.0 Å². The summed E-state index contributed by atoms with van der Waals surface area (Å²) in [6.07, 6.45) is -7.06. The molecule has 1 atom stereocenters. The number of nitrogens with two attached hydrogens (primary N) is 1. The Balaban J connectivity index is 2.26.